The second-order valence-corrected chi connectivity index (χ2v) is 14.4. The average Bonchev–Trinajstić information content (AvgIpc) is 2.89. The molecule has 2 atom stereocenters. The number of rotatable bonds is 6. The summed E-state index contributed by atoms with van der Waals surface area (Å²) in [4.78, 5) is 12.2. The second-order valence-electron chi connectivity index (χ2n) is 8.82. The first-order valence-corrected chi connectivity index (χ1v) is 12.1. The van der Waals surface area contributed by atoms with E-state index in [1.54, 1.807) is 13.2 Å². The van der Waals surface area contributed by atoms with E-state index < -0.39 is 19.2 Å². The van der Waals surface area contributed by atoms with E-state index in [9.17, 15) is 9.90 Å². The van der Waals surface area contributed by atoms with Gasteiger partial charge in [-0.05, 0) is 25.0 Å². The van der Waals surface area contributed by atoms with E-state index >= 15 is 0 Å². The summed E-state index contributed by atoms with van der Waals surface area (Å²) >= 11 is 0. The van der Waals surface area contributed by atoms with Crippen LogP contribution in [0.25, 0.3) is 0 Å². The number of hydrogen-bond acceptors (Lipinski definition) is 5. The number of ether oxygens (including phenoxy) is 3. The molecule has 1 aliphatic rings. The number of hydrogen-bond donors (Lipinski definition) is 1. The van der Waals surface area contributed by atoms with Gasteiger partial charge in [0.15, 0.2) is 11.5 Å². The molecule has 0 aromatic heterocycles. The molecule has 0 saturated carbocycles. The molecule has 146 valence electrons. The molecule has 5 nitrogen and oxygen atoms in total. The predicted octanol–water partition coefficient (Wildman–Crippen LogP) is 3.94. The van der Waals surface area contributed by atoms with Crippen molar-refractivity contribution in [2.24, 2.45) is 0 Å². The Morgan fingerprint density at radius 1 is 1.35 bits per heavy atom. The molecule has 1 N–H and O–H groups in total. The van der Waals surface area contributed by atoms with Crippen LogP contribution in [0.15, 0.2) is 12.1 Å². The van der Waals surface area contributed by atoms with Gasteiger partial charge in [-0.2, -0.15) is 0 Å². The van der Waals surface area contributed by atoms with Crippen LogP contribution < -0.4 is 14.2 Å². The molecule has 0 aliphatic carbocycles. The molecule has 0 bridgehead atoms. The molecule has 1 aromatic carbocycles. The first-order valence-electron chi connectivity index (χ1n) is 9.09. The standard InChI is InChI=1S/C20H32O5Si/c1-13(2)24-18-16(23-6)10-9-14-15(11-21)20(12-22,25-17(14)18)26(7,8)19(3,4)5/h9-11,13,15,22H,12H2,1-8H3. The van der Waals surface area contributed by atoms with Crippen molar-refractivity contribution in [1.29, 1.82) is 0 Å². The Bertz CT molecular complexity index is 678. The maximum Gasteiger partial charge on any atom is 0.204 e. The van der Waals surface area contributed by atoms with Crippen LogP contribution in [-0.4, -0.2) is 44.5 Å². The lowest BCUT2D eigenvalue weighted by Crippen LogP contribution is -2.66. The van der Waals surface area contributed by atoms with E-state index in [0.717, 1.165) is 11.8 Å². The van der Waals surface area contributed by atoms with Crippen molar-refractivity contribution < 1.29 is 24.1 Å². The highest BCUT2D eigenvalue weighted by Gasteiger charge is 2.63. The zero-order chi connectivity index (χ0) is 19.9. The molecular formula is C20H32O5Si. The van der Waals surface area contributed by atoms with E-state index in [4.69, 9.17) is 14.2 Å². The van der Waals surface area contributed by atoms with Gasteiger partial charge in [0.25, 0.3) is 0 Å². The fraction of sp³-hybridized carbons (Fsp3) is 0.650. The first-order chi connectivity index (χ1) is 12.0. The molecule has 1 heterocycles. The smallest absolute Gasteiger partial charge is 0.204 e. The van der Waals surface area contributed by atoms with E-state index in [2.05, 4.69) is 33.9 Å². The van der Waals surface area contributed by atoms with Gasteiger partial charge in [0, 0.05) is 5.56 Å². The minimum Gasteiger partial charge on any atom is -0.493 e. The van der Waals surface area contributed by atoms with Crippen LogP contribution in [-0.2, 0) is 4.79 Å². The van der Waals surface area contributed by atoms with Crippen LogP contribution in [0.2, 0.25) is 18.1 Å². The van der Waals surface area contributed by atoms with Crippen molar-refractivity contribution in [3.63, 3.8) is 0 Å². The van der Waals surface area contributed by atoms with E-state index in [0.29, 0.717) is 17.2 Å². The summed E-state index contributed by atoms with van der Waals surface area (Å²) in [6.45, 7) is 14.4. The van der Waals surface area contributed by atoms with Gasteiger partial charge in [-0.1, -0.05) is 39.9 Å². The van der Waals surface area contributed by atoms with Crippen LogP contribution in [0, 0.1) is 0 Å². The van der Waals surface area contributed by atoms with Crippen LogP contribution >= 0.6 is 0 Å². The molecule has 0 fully saturated rings. The Labute approximate surface area is 157 Å². The van der Waals surface area contributed by atoms with E-state index in [1.165, 1.54) is 0 Å². The number of methoxy groups -OCH3 is 1. The summed E-state index contributed by atoms with van der Waals surface area (Å²) in [7, 11) is -0.717. The zero-order valence-electron chi connectivity index (χ0n) is 17.2. The lowest BCUT2D eigenvalue weighted by atomic mass is 9.96. The molecule has 6 heteroatoms. The average molecular weight is 381 g/mol. The number of aliphatic hydroxyl groups is 1. The van der Waals surface area contributed by atoms with Gasteiger partial charge >= 0.3 is 0 Å². The van der Waals surface area contributed by atoms with E-state index in [1.807, 2.05) is 19.9 Å². The number of carbonyl (C=O) groups is 1. The molecule has 2 rings (SSSR count). The van der Waals surface area contributed by atoms with Gasteiger partial charge < -0.3 is 24.1 Å². The molecule has 1 aliphatic heterocycles. The topological polar surface area (TPSA) is 65.0 Å². The van der Waals surface area contributed by atoms with Crippen molar-refractivity contribution in [2.45, 2.75) is 70.0 Å². The van der Waals surface area contributed by atoms with Crippen LogP contribution in [0.1, 0.15) is 46.1 Å². The zero-order valence-corrected chi connectivity index (χ0v) is 18.2. The molecule has 26 heavy (non-hydrogen) atoms. The molecular weight excluding hydrogens is 348 g/mol. The summed E-state index contributed by atoms with van der Waals surface area (Å²) in [6.07, 6.45) is 0.833. The van der Waals surface area contributed by atoms with Gasteiger partial charge in [-0.15, -0.1) is 0 Å². The Balaban J connectivity index is 2.72. The second kappa shape index (κ2) is 6.89. The molecule has 0 saturated heterocycles. The SMILES string of the molecule is COc1ccc2c(c1OC(C)C)OC(CO)([Si](C)(C)C(C)(C)C)C2C=O. The first kappa shape index (κ1) is 20.8. The highest BCUT2D eigenvalue weighted by atomic mass is 28.3. The maximum absolute atomic E-state index is 12.2. The summed E-state index contributed by atoms with van der Waals surface area (Å²) in [5.74, 6) is 1.05. The Morgan fingerprint density at radius 2 is 1.96 bits per heavy atom. The Kier molecular flexibility index (Phi) is 5.50. The largest absolute Gasteiger partial charge is 0.493 e. The third-order valence-electron chi connectivity index (χ3n) is 6.11. The van der Waals surface area contributed by atoms with Gasteiger partial charge in [-0.25, -0.2) is 0 Å². The lowest BCUT2D eigenvalue weighted by molar-refractivity contribution is -0.111. The number of aliphatic hydroxyl groups excluding tert-OH is 1. The van der Waals surface area contributed by atoms with Crippen molar-refractivity contribution >= 4 is 14.4 Å². The van der Waals surface area contributed by atoms with Crippen molar-refractivity contribution in [2.75, 3.05) is 13.7 Å². The Hall–Kier alpha value is -1.53. The van der Waals surface area contributed by atoms with Gasteiger partial charge in [0.1, 0.15) is 19.6 Å². The van der Waals surface area contributed by atoms with Gasteiger partial charge in [0.2, 0.25) is 5.75 Å². The third-order valence-corrected chi connectivity index (χ3v) is 12.5. The number of fused-ring (bicyclic) bond motifs is 1. The quantitative estimate of drug-likeness (QED) is 0.598. The summed E-state index contributed by atoms with van der Waals surface area (Å²) in [5, 5.41) is 9.44. The van der Waals surface area contributed by atoms with Crippen LogP contribution in [0.3, 0.4) is 0 Å². The van der Waals surface area contributed by atoms with Crippen molar-refractivity contribution in [3.8, 4) is 17.2 Å². The minimum atomic E-state index is -2.29. The minimum absolute atomic E-state index is 0.0781. The molecule has 0 amide bonds. The highest BCUT2D eigenvalue weighted by Crippen LogP contribution is 2.58. The normalized spacial score (nSPS) is 22.8. The number of carbonyl (C=O) groups excluding carboxylic acids is 1. The lowest BCUT2D eigenvalue weighted by Gasteiger charge is -2.50. The molecule has 0 radical (unpaired) electrons. The Morgan fingerprint density at radius 3 is 2.38 bits per heavy atom. The monoisotopic (exact) mass is 380 g/mol. The summed E-state index contributed by atoms with van der Waals surface area (Å²) in [5.41, 5.74) is 0.760. The van der Waals surface area contributed by atoms with Crippen molar-refractivity contribution in [1.82, 2.24) is 0 Å². The van der Waals surface area contributed by atoms with Gasteiger partial charge in [0.05, 0.1) is 25.7 Å². The highest BCUT2D eigenvalue weighted by molar-refractivity contribution is 6.83. The van der Waals surface area contributed by atoms with Crippen LogP contribution in [0.4, 0.5) is 0 Å². The molecule has 2 unspecified atom stereocenters. The van der Waals surface area contributed by atoms with Crippen LogP contribution in [0.5, 0.6) is 17.2 Å². The number of benzene rings is 1. The fourth-order valence-electron chi connectivity index (χ4n) is 3.58. The molecule has 1 aromatic rings. The third kappa shape index (κ3) is 2.93. The number of aldehydes is 1. The summed E-state index contributed by atoms with van der Waals surface area (Å²) in [6, 6.07) is 3.65. The molecule has 0 spiro atoms. The fourth-order valence-corrected chi connectivity index (χ4v) is 6.60. The predicted molar refractivity (Wildman–Crippen MR) is 105 cm³/mol. The van der Waals surface area contributed by atoms with Gasteiger partial charge in [-0.3, -0.25) is 0 Å². The van der Waals surface area contributed by atoms with Crippen molar-refractivity contribution in [3.05, 3.63) is 17.7 Å². The summed E-state index contributed by atoms with van der Waals surface area (Å²) < 4.78 is 17.9. The van der Waals surface area contributed by atoms with E-state index in [-0.39, 0.29) is 17.7 Å². The maximum atomic E-state index is 12.2.